The molecule has 220 valence electrons. The molecule has 9 heteroatoms. The number of carbonyl (C=O) groups excluding carboxylic acids is 1. The second-order valence-electron chi connectivity index (χ2n) is 10.6. The van der Waals surface area contributed by atoms with Gasteiger partial charge in [-0.1, -0.05) is 48.5 Å². The normalized spacial score (nSPS) is 12.4. The highest BCUT2D eigenvalue weighted by atomic mass is 19.4. The summed E-state index contributed by atoms with van der Waals surface area (Å²) in [6.07, 6.45) is -2.59. The molecule has 0 fully saturated rings. The van der Waals surface area contributed by atoms with E-state index in [-0.39, 0.29) is 11.5 Å². The summed E-state index contributed by atoms with van der Waals surface area (Å²) in [6.45, 7) is 2.18. The molecule has 0 saturated carbocycles. The second kappa shape index (κ2) is 11.3. The van der Waals surface area contributed by atoms with E-state index in [2.05, 4.69) is 5.32 Å². The summed E-state index contributed by atoms with van der Waals surface area (Å²) in [4.78, 5) is 29.9. The molecule has 0 aliphatic heterocycles. The van der Waals surface area contributed by atoms with E-state index < -0.39 is 23.8 Å². The number of nitrogens with zero attached hydrogens (tertiary/aromatic N) is 2. The fourth-order valence-electron chi connectivity index (χ4n) is 5.32. The highest BCUT2D eigenvalue weighted by molar-refractivity contribution is 6.08. The van der Waals surface area contributed by atoms with Crippen molar-refractivity contribution in [1.82, 2.24) is 14.9 Å². The molecule has 2 N–H and O–H groups in total. The molecule has 2 heterocycles. The second-order valence-corrected chi connectivity index (χ2v) is 10.6. The van der Waals surface area contributed by atoms with Crippen molar-refractivity contribution in [2.75, 3.05) is 0 Å². The molecule has 6 rings (SSSR count). The van der Waals surface area contributed by atoms with Crippen molar-refractivity contribution in [3.05, 3.63) is 137 Å². The molecule has 0 bridgehead atoms. The molecular formula is C35H26F3N3O3. The summed E-state index contributed by atoms with van der Waals surface area (Å²) in [5.41, 5.74) is 3.88. The largest absolute Gasteiger partial charge is 0.478 e. The highest BCUT2D eigenvalue weighted by Crippen LogP contribution is 2.33. The van der Waals surface area contributed by atoms with E-state index in [1.165, 1.54) is 24.3 Å². The fourth-order valence-corrected chi connectivity index (χ4v) is 5.32. The molecule has 0 radical (unpaired) electrons. The minimum Gasteiger partial charge on any atom is -0.478 e. The molecule has 0 spiro atoms. The zero-order chi connectivity index (χ0) is 31.0. The van der Waals surface area contributed by atoms with Crippen molar-refractivity contribution < 1.29 is 27.9 Å². The van der Waals surface area contributed by atoms with Crippen molar-refractivity contribution in [2.24, 2.45) is 0 Å². The van der Waals surface area contributed by atoms with Crippen LogP contribution < -0.4 is 5.32 Å². The van der Waals surface area contributed by atoms with Crippen molar-refractivity contribution in [3.63, 3.8) is 0 Å². The highest BCUT2D eigenvalue weighted by Gasteiger charge is 2.30. The topological polar surface area (TPSA) is 84.2 Å². The van der Waals surface area contributed by atoms with Crippen LogP contribution in [-0.4, -0.2) is 26.5 Å². The number of fused-ring (bicyclic) bond motifs is 2. The average molecular weight is 594 g/mol. The molecule has 4 aromatic carbocycles. The first-order chi connectivity index (χ1) is 21.1. The summed E-state index contributed by atoms with van der Waals surface area (Å²) >= 11 is 0. The van der Waals surface area contributed by atoms with E-state index in [0.29, 0.717) is 34.3 Å². The maximum atomic E-state index is 13.9. The van der Waals surface area contributed by atoms with E-state index in [1.807, 2.05) is 59.3 Å². The number of hydrogen-bond donors (Lipinski definition) is 2. The number of aromatic nitrogens is 2. The lowest BCUT2D eigenvalue weighted by Crippen LogP contribution is -2.27. The molecule has 6 aromatic rings. The number of nitrogens with one attached hydrogen (secondary N) is 1. The monoisotopic (exact) mass is 593 g/mol. The first-order valence-electron chi connectivity index (χ1n) is 13.9. The number of pyridine rings is 1. The maximum Gasteiger partial charge on any atom is 0.416 e. The smallest absolute Gasteiger partial charge is 0.416 e. The number of halogens is 3. The third-order valence-electron chi connectivity index (χ3n) is 7.64. The molecule has 1 amide bonds. The first-order valence-corrected chi connectivity index (χ1v) is 13.9. The zero-order valence-corrected chi connectivity index (χ0v) is 23.5. The third kappa shape index (κ3) is 5.76. The predicted molar refractivity (Wildman–Crippen MR) is 163 cm³/mol. The standard InChI is InChI=1S/C35H26F3N3O3/c1-21(22-6-8-25(9-7-22)34(43)44)39-33(42)30-19-27(23-10-13-28(14-11-23)35(36,37)38)18-26-16-17-41(32(26)30)20-29-15-12-24-4-2-3-5-31(24)40-29/h2-19,21H,20H2,1H3,(H,39,42)(H,43,44)/t21-/m0/s1. The maximum absolute atomic E-state index is 13.9. The van der Waals surface area contributed by atoms with Crippen LogP contribution in [0.4, 0.5) is 13.2 Å². The van der Waals surface area contributed by atoms with Gasteiger partial charge in [-0.3, -0.25) is 9.78 Å². The van der Waals surface area contributed by atoms with Crippen LogP contribution in [0.15, 0.2) is 109 Å². The van der Waals surface area contributed by atoms with Crippen LogP contribution in [0.1, 0.15) is 50.5 Å². The van der Waals surface area contributed by atoms with Crippen LogP contribution in [0.3, 0.4) is 0 Å². The molecule has 2 aromatic heterocycles. The van der Waals surface area contributed by atoms with Crippen molar-refractivity contribution >= 4 is 33.7 Å². The zero-order valence-electron chi connectivity index (χ0n) is 23.5. The Morgan fingerprint density at radius 3 is 2.30 bits per heavy atom. The van der Waals surface area contributed by atoms with Crippen LogP contribution >= 0.6 is 0 Å². The van der Waals surface area contributed by atoms with Gasteiger partial charge in [0.1, 0.15) is 0 Å². The number of aromatic carboxylic acids is 1. The quantitative estimate of drug-likeness (QED) is 0.196. The number of benzene rings is 4. The minimum atomic E-state index is -4.46. The average Bonchev–Trinajstić information content (AvgIpc) is 3.42. The number of para-hydroxylation sites is 1. The molecule has 0 aliphatic carbocycles. The number of rotatable bonds is 7. The Kier molecular flexibility index (Phi) is 7.38. The number of carboxylic acid groups (broad SMARTS) is 1. The van der Waals surface area contributed by atoms with Crippen LogP contribution in [0.2, 0.25) is 0 Å². The van der Waals surface area contributed by atoms with Crippen molar-refractivity contribution in [3.8, 4) is 11.1 Å². The van der Waals surface area contributed by atoms with E-state index in [0.717, 1.165) is 34.1 Å². The summed E-state index contributed by atoms with van der Waals surface area (Å²) in [5.74, 6) is -1.43. The van der Waals surface area contributed by atoms with Gasteiger partial charge in [0.25, 0.3) is 5.91 Å². The lowest BCUT2D eigenvalue weighted by molar-refractivity contribution is -0.137. The van der Waals surface area contributed by atoms with Gasteiger partial charge in [0.05, 0.1) is 46.0 Å². The molecule has 0 aliphatic rings. The molecule has 1 atom stereocenters. The fraction of sp³-hybridized carbons (Fsp3) is 0.114. The summed E-state index contributed by atoms with van der Waals surface area (Å²) in [6, 6.07) is 27.8. The Morgan fingerprint density at radius 1 is 0.864 bits per heavy atom. The Balaban J connectivity index is 1.40. The first kappa shape index (κ1) is 28.7. The van der Waals surface area contributed by atoms with Gasteiger partial charge in [-0.05, 0) is 78.2 Å². The molecule has 44 heavy (non-hydrogen) atoms. The Hall–Kier alpha value is -5.44. The molecule has 0 saturated heterocycles. The minimum absolute atomic E-state index is 0.137. The van der Waals surface area contributed by atoms with Gasteiger partial charge in [0, 0.05) is 17.0 Å². The van der Waals surface area contributed by atoms with E-state index in [1.54, 1.807) is 25.1 Å². The third-order valence-corrected chi connectivity index (χ3v) is 7.64. The van der Waals surface area contributed by atoms with Gasteiger partial charge in [-0.2, -0.15) is 13.2 Å². The van der Waals surface area contributed by atoms with Gasteiger partial charge >= 0.3 is 12.1 Å². The Bertz CT molecular complexity index is 2010. The molecule has 6 nitrogen and oxygen atoms in total. The predicted octanol–water partition coefficient (Wildman–Crippen LogP) is 8.11. The number of hydrogen-bond acceptors (Lipinski definition) is 3. The van der Waals surface area contributed by atoms with Crippen LogP contribution in [0.5, 0.6) is 0 Å². The molecule has 0 unspecified atom stereocenters. The van der Waals surface area contributed by atoms with Gasteiger partial charge < -0.3 is 15.0 Å². The van der Waals surface area contributed by atoms with E-state index in [9.17, 15) is 27.9 Å². The van der Waals surface area contributed by atoms with Crippen molar-refractivity contribution in [2.45, 2.75) is 25.7 Å². The lowest BCUT2D eigenvalue weighted by Gasteiger charge is -2.17. The summed E-state index contributed by atoms with van der Waals surface area (Å²) < 4.78 is 41.5. The van der Waals surface area contributed by atoms with Gasteiger partial charge in [0.2, 0.25) is 0 Å². The van der Waals surface area contributed by atoms with Crippen LogP contribution in [-0.2, 0) is 12.7 Å². The van der Waals surface area contributed by atoms with E-state index in [4.69, 9.17) is 4.98 Å². The number of alkyl halides is 3. The van der Waals surface area contributed by atoms with Gasteiger partial charge in [-0.25, -0.2) is 4.79 Å². The van der Waals surface area contributed by atoms with Gasteiger partial charge in [-0.15, -0.1) is 0 Å². The molecular weight excluding hydrogens is 567 g/mol. The van der Waals surface area contributed by atoms with Gasteiger partial charge in [0.15, 0.2) is 0 Å². The summed E-state index contributed by atoms with van der Waals surface area (Å²) in [7, 11) is 0. The Morgan fingerprint density at radius 2 is 1.59 bits per heavy atom. The number of carbonyl (C=O) groups is 2. The van der Waals surface area contributed by atoms with Crippen LogP contribution in [0, 0.1) is 0 Å². The lowest BCUT2D eigenvalue weighted by atomic mass is 9.98. The SMILES string of the molecule is C[C@H](NC(=O)c1cc(-c2ccc(C(F)(F)F)cc2)cc2ccn(Cc3ccc4ccccc4n3)c12)c1ccc(C(=O)O)cc1. The van der Waals surface area contributed by atoms with Crippen molar-refractivity contribution in [1.29, 1.82) is 0 Å². The van der Waals surface area contributed by atoms with E-state index >= 15 is 0 Å². The number of amides is 1. The Labute approximate surface area is 250 Å². The number of carboxylic acids is 1. The van der Waals surface area contributed by atoms with Crippen LogP contribution in [0.25, 0.3) is 32.9 Å². The summed E-state index contributed by atoms with van der Waals surface area (Å²) in [5, 5.41) is 14.0.